The molecule has 0 aromatic carbocycles. The Kier molecular flexibility index (Phi) is 4.07. The third-order valence-corrected chi connectivity index (χ3v) is 6.01. The van der Waals surface area contributed by atoms with Gasteiger partial charge in [-0.2, -0.15) is 0 Å². The Morgan fingerprint density at radius 3 is 3.04 bits per heavy atom. The molecule has 1 saturated heterocycles. The molecule has 1 unspecified atom stereocenters. The summed E-state index contributed by atoms with van der Waals surface area (Å²) in [4.78, 5) is 41.7. The Labute approximate surface area is 154 Å². The first-order valence-corrected chi connectivity index (χ1v) is 9.36. The van der Waals surface area contributed by atoms with Gasteiger partial charge in [0.1, 0.15) is 17.8 Å². The van der Waals surface area contributed by atoms with Crippen molar-refractivity contribution in [2.45, 2.75) is 31.3 Å². The lowest BCUT2D eigenvalue weighted by atomic mass is 9.80. The van der Waals surface area contributed by atoms with E-state index in [9.17, 15) is 14.4 Å². The molecule has 26 heavy (non-hydrogen) atoms. The normalized spacial score (nSPS) is 21.8. The quantitative estimate of drug-likeness (QED) is 0.832. The van der Waals surface area contributed by atoms with Crippen LogP contribution < -0.4 is 5.32 Å². The van der Waals surface area contributed by atoms with Crippen molar-refractivity contribution in [3.05, 3.63) is 46.0 Å². The number of carbonyl (C=O) groups is 3. The molecule has 2 aliphatic rings. The number of nitrogens with zero attached hydrogens (tertiary/aromatic N) is 2. The van der Waals surface area contributed by atoms with Crippen molar-refractivity contribution in [1.29, 1.82) is 0 Å². The molecule has 3 heterocycles. The predicted molar refractivity (Wildman–Crippen MR) is 94.4 cm³/mol. The lowest BCUT2D eigenvalue weighted by Crippen LogP contribution is -2.46. The molecule has 8 heteroatoms. The largest absolute Gasteiger partial charge is 0.467 e. The summed E-state index contributed by atoms with van der Waals surface area (Å²) in [6.07, 6.45) is 3.85. The summed E-state index contributed by atoms with van der Waals surface area (Å²) < 4.78 is 5.23. The summed E-state index contributed by atoms with van der Waals surface area (Å²) >= 11 is 1.60. The molecule has 136 valence electrons. The SMILES string of the molecule is CN(Cc1ccco1)C(=O)CN1C(=O)NC2(CCCc3sccc32)C1=O. The Balaban J connectivity index is 1.51. The first kappa shape index (κ1) is 16.8. The molecule has 1 spiro atoms. The fourth-order valence-corrected chi connectivity index (χ4v) is 4.67. The average molecular weight is 373 g/mol. The average Bonchev–Trinajstić information content (AvgIpc) is 3.33. The first-order valence-electron chi connectivity index (χ1n) is 8.48. The molecule has 4 rings (SSSR count). The lowest BCUT2D eigenvalue weighted by Gasteiger charge is -2.31. The highest BCUT2D eigenvalue weighted by Gasteiger charge is 2.54. The van der Waals surface area contributed by atoms with Gasteiger partial charge in [-0.25, -0.2) is 4.79 Å². The molecule has 1 N–H and O–H groups in total. The van der Waals surface area contributed by atoms with Gasteiger partial charge in [-0.3, -0.25) is 14.5 Å². The first-order chi connectivity index (χ1) is 12.5. The Hall–Kier alpha value is -2.61. The molecule has 0 radical (unpaired) electrons. The number of imide groups is 1. The van der Waals surface area contributed by atoms with Crippen molar-refractivity contribution >= 4 is 29.2 Å². The zero-order valence-corrected chi connectivity index (χ0v) is 15.2. The number of aryl methyl sites for hydroxylation is 1. The number of fused-ring (bicyclic) bond motifs is 2. The van der Waals surface area contributed by atoms with Gasteiger partial charge in [-0.05, 0) is 42.8 Å². The van der Waals surface area contributed by atoms with E-state index in [4.69, 9.17) is 4.42 Å². The highest BCUT2D eigenvalue weighted by atomic mass is 32.1. The zero-order chi connectivity index (χ0) is 18.3. The van der Waals surface area contributed by atoms with Gasteiger partial charge in [0.15, 0.2) is 0 Å². The monoisotopic (exact) mass is 373 g/mol. The summed E-state index contributed by atoms with van der Waals surface area (Å²) in [5.41, 5.74) is -0.129. The fourth-order valence-electron chi connectivity index (χ4n) is 3.67. The number of carbonyl (C=O) groups excluding carboxylic acids is 3. The number of amides is 4. The van der Waals surface area contributed by atoms with Crippen molar-refractivity contribution in [2.24, 2.45) is 0 Å². The van der Waals surface area contributed by atoms with Crippen LogP contribution in [0.1, 0.15) is 29.0 Å². The van der Waals surface area contributed by atoms with Crippen LogP contribution in [0.3, 0.4) is 0 Å². The molecule has 0 bridgehead atoms. The van der Waals surface area contributed by atoms with Crippen LogP contribution >= 0.6 is 11.3 Å². The van der Waals surface area contributed by atoms with Crippen molar-refractivity contribution in [3.63, 3.8) is 0 Å². The van der Waals surface area contributed by atoms with E-state index in [1.807, 2.05) is 11.4 Å². The smallest absolute Gasteiger partial charge is 0.325 e. The summed E-state index contributed by atoms with van der Waals surface area (Å²) in [6.45, 7) is 0.0123. The van der Waals surface area contributed by atoms with Crippen molar-refractivity contribution in [2.75, 3.05) is 13.6 Å². The second-order valence-corrected chi connectivity index (χ2v) is 7.67. The minimum absolute atomic E-state index is 0.275. The molecule has 1 aliphatic heterocycles. The summed E-state index contributed by atoms with van der Waals surface area (Å²) in [6, 6.07) is 4.92. The molecule has 1 aliphatic carbocycles. The number of thiophene rings is 1. The van der Waals surface area contributed by atoms with E-state index < -0.39 is 11.6 Å². The molecule has 1 atom stereocenters. The van der Waals surface area contributed by atoms with Gasteiger partial charge in [0.2, 0.25) is 5.91 Å². The summed E-state index contributed by atoms with van der Waals surface area (Å²) in [7, 11) is 1.62. The maximum Gasteiger partial charge on any atom is 0.325 e. The maximum atomic E-state index is 13.1. The highest BCUT2D eigenvalue weighted by molar-refractivity contribution is 7.10. The van der Waals surface area contributed by atoms with E-state index in [0.717, 1.165) is 28.2 Å². The van der Waals surface area contributed by atoms with Crippen LogP contribution in [0.4, 0.5) is 4.79 Å². The van der Waals surface area contributed by atoms with Crippen LogP contribution in [0.5, 0.6) is 0 Å². The Morgan fingerprint density at radius 2 is 2.27 bits per heavy atom. The highest BCUT2D eigenvalue weighted by Crippen LogP contribution is 2.42. The van der Waals surface area contributed by atoms with E-state index in [1.54, 1.807) is 30.5 Å². The standard InChI is InChI=1S/C18H19N3O4S/c1-20(10-12-4-3-8-25-12)15(22)11-21-16(23)18(19-17(21)24)7-2-5-14-13(18)6-9-26-14/h3-4,6,8-9H,2,5,7,10-11H2,1H3,(H,19,24). The fraction of sp³-hybridized carbons (Fsp3) is 0.389. The van der Waals surface area contributed by atoms with Crippen LogP contribution in [0.15, 0.2) is 34.3 Å². The summed E-state index contributed by atoms with van der Waals surface area (Å²) in [5.74, 6) is -0.00499. The van der Waals surface area contributed by atoms with Gasteiger partial charge in [0, 0.05) is 17.5 Å². The molecule has 4 amide bonds. The maximum absolute atomic E-state index is 13.1. The van der Waals surface area contributed by atoms with Gasteiger partial charge in [-0.15, -0.1) is 11.3 Å². The van der Waals surface area contributed by atoms with Gasteiger partial charge < -0.3 is 14.6 Å². The number of hydrogen-bond acceptors (Lipinski definition) is 5. The third kappa shape index (κ3) is 2.61. The van der Waals surface area contributed by atoms with Crippen molar-refractivity contribution < 1.29 is 18.8 Å². The van der Waals surface area contributed by atoms with E-state index in [0.29, 0.717) is 12.2 Å². The number of hydrogen-bond donors (Lipinski definition) is 1. The number of furan rings is 1. The van der Waals surface area contributed by atoms with E-state index >= 15 is 0 Å². The molecule has 7 nitrogen and oxygen atoms in total. The molecular formula is C18H19N3O4S. The summed E-state index contributed by atoms with van der Waals surface area (Å²) in [5, 5.41) is 4.80. The van der Waals surface area contributed by atoms with Gasteiger partial charge >= 0.3 is 6.03 Å². The zero-order valence-electron chi connectivity index (χ0n) is 14.4. The molecule has 0 saturated carbocycles. The predicted octanol–water partition coefficient (Wildman–Crippen LogP) is 2.08. The van der Waals surface area contributed by atoms with Crippen molar-refractivity contribution in [3.8, 4) is 0 Å². The van der Waals surface area contributed by atoms with Gasteiger partial charge in [-0.1, -0.05) is 0 Å². The van der Waals surface area contributed by atoms with Gasteiger partial charge in [0.25, 0.3) is 5.91 Å². The second-order valence-electron chi connectivity index (χ2n) is 6.67. The molecule has 2 aromatic heterocycles. The number of urea groups is 1. The second kappa shape index (κ2) is 6.28. The van der Waals surface area contributed by atoms with Crippen molar-refractivity contribution in [1.82, 2.24) is 15.1 Å². The minimum Gasteiger partial charge on any atom is -0.467 e. The van der Waals surface area contributed by atoms with E-state index in [-0.39, 0.29) is 24.9 Å². The topological polar surface area (TPSA) is 82.9 Å². The van der Waals surface area contributed by atoms with Crippen LogP contribution in [-0.4, -0.2) is 41.2 Å². The van der Waals surface area contributed by atoms with Gasteiger partial charge in [0.05, 0.1) is 12.8 Å². The third-order valence-electron chi connectivity index (χ3n) is 5.03. The van der Waals surface area contributed by atoms with E-state index in [2.05, 4.69) is 5.32 Å². The molecular weight excluding hydrogens is 354 g/mol. The number of rotatable bonds is 4. The van der Waals surface area contributed by atoms with Crippen LogP contribution in [-0.2, 0) is 28.1 Å². The number of likely N-dealkylation sites (N-methyl/N-ethyl adjacent to an activating group) is 1. The lowest BCUT2D eigenvalue weighted by molar-refractivity contribution is -0.139. The minimum atomic E-state index is -1.01. The van der Waals surface area contributed by atoms with Crippen LogP contribution in [0.2, 0.25) is 0 Å². The number of nitrogens with one attached hydrogen (secondary N) is 1. The molecule has 2 aromatic rings. The van der Waals surface area contributed by atoms with E-state index in [1.165, 1.54) is 11.2 Å². The Bertz CT molecular complexity index is 860. The Morgan fingerprint density at radius 1 is 1.42 bits per heavy atom. The molecule has 1 fully saturated rings. The van der Waals surface area contributed by atoms with Crippen LogP contribution in [0, 0.1) is 0 Å². The van der Waals surface area contributed by atoms with Crippen LogP contribution in [0.25, 0.3) is 0 Å².